The number of fused-ring (bicyclic) bond motifs is 4. The fourth-order valence-corrected chi connectivity index (χ4v) is 7.33. The predicted octanol–water partition coefficient (Wildman–Crippen LogP) is 5.81. The van der Waals surface area contributed by atoms with Crippen LogP contribution in [0.5, 0.6) is 11.5 Å². The number of aromatic nitrogens is 4. The molecule has 0 aliphatic heterocycles. The highest BCUT2D eigenvalue weighted by atomic mass is 16.5. The molecule has 66 heavy (non-hydrogen) atoms. The van der Waals surface area contributed by atoms with Gasteiger partial charge in [0, 0.05) is 82.3 Å². The maximum atomic E-state index is 11.1. The minimum absolute atomic E-state index is 0.0646. The van der Waals surface area contributed by atoms with E-state index in [9.17, 15) is 29.4 Å². The number of rotatable bonds is 12. The van der Waals surface area contributed by atoms with E-state index < -0.39 is 36.2 Å². The standard InChI is InChI=1S/2C12H14N2O3.2C11H12N2O3/c2*1-7(13)4-8-6-14(12(16)17)11-3-2-9(15)5-10(8)11;2*14-11(15)10(13-16)5-7-6-12-9-4-2-1-3-8(7)9/h2*2-3,5-7,15H,4,13H2,1H3,(H,16,17);2*1-4,6,10,12-13,16H,5H2,(H,14,15)/t2*7-;2*10-/m1100/s1. The number of carboxylic acids is 2. The number of H-pyrrole nitrogens is 2. The summed E-state index contributed by atoms with van der Waals surface area (Å²) in [4.78, 5) is 49.8. The van der Waals surface area contributed by atoms with Crippen molar-refractivity contribution in [2.75, 3.05) is 0 Å². The van der Waals surface area contributed by atoms with Crippen molar-refractivity contribution >= 4 is 67.7 Å². The van der Waals surface area contributed by atoms with E-state index in [4.69, 9.17) is 42.3 Å². The summed E-state index contributed by atoms with van der Waals surface area (Å²) in [6.07, 6.45) is 6.14. The zero-order valence-corrected chi connectivity index (χ0v) is 35.8. The van der Waals surface area contributed by atoms with Crippen LogP contribution in [0, 0.1) is 0 Å². The quantitative estimate of drug-likeness (QED) is 0.0643. The number of hydrogen-bond acceptors (Lipinski definition) is 12. The first kappa shape index (κ1) is 49.3. The summed E-state index contributed by atoms with van der Waals surface area (Å²) >= 11 is 0. The van der Waals surface area contributed by atoms with Gasteiger partial charge in [-0.2, -0.15) is 11.0 Å². The van der Waals surface area contributed by atoms with Crippen LogP contribution in [-0.2, 0) is 35.3 Å². The van der Waals surface area contributed by atoms with Crippen LogP contribution < -0.4 is 22.4 Å². The van der Waals surface area contributed by atoms with Gasteiger partial charge in [-0.05, 0) is 97.5 Å². The number of nitrogens with one attached hydrogen (secondary N) is 4. The Morgan fingerprint density at radius 1 is 0.545 bits per heavy atom. The Kier molecular flexibility index (Phi) is 16.6. The van der Waals surface area contributed by atoms with Crippen molar-refractivity contribution in [3.8, 4) is 11.5 Å². The van der Waals surface area contributed by atoms with E-state index in [2.05, 4.69) is 9.97 Å². The second-order valence-corrected chi connectivity index (χ2v) is 15.5. The van der Waals surface area contributed by atoms with Crippen molar-refractivity contribution in [3.63, 3.8) is 0 Å². The summed E-state index contributed by atoms with van der Waals surface area (Å²) in [5.41, 5.74) is 21.4. The summed E-state index contributed by atoms with van der Waals surface area (Å²) < 4.78 is 2.29. The first-order chi connectivity index (χ1) is 31.4. The van der Waals surface area contributed by atoms with Gasteiger partial charge in [0.25, 0.3) is 0 Å². The number of benzene rings is 4. The number of para-hydroxylation sites is 2. The number of hydroxylamine groups is 2. The van der Waals surface area contributed by atoms with Crippen molar-refractivity contribution in [1.82, 2.24) is 30.1 Å². The number of nitrogens with two attached hydrogens (primary N) is 2. The maximum Gasteiger partial charge on any atom is 0.416 e. The molecule has 20 nitrogen and oxygen atoms in total. The molecule has 20 heteroatoms. The highest BCUT2D eigenvalue weighted by Crippen LogP contribution is 2.28. The third kappa shape index (κ3) is 12.3. The van der Waals surface area contributed by atoms with E-state index in [1.807, 2.05) is 62.4 Å². The molecule has 0 saturated heterocycles. The second-order valence-electron chi connectivity index (χ2n) is 15.5. The number of phenolic OH excluding ortho intramolecular Hbond substituents is 2. The fourth-order valence-electron chi connectivity index (χ4n) is 7.33. The molecule has 0 fully saturated rings. The molecule has 0 spiro atoms. The van der Waals surface area contributed by atoms with Crippen molar-refractivity contribution in [3.05, 3.63) is 132 Å². The molecular weight excluding hydrogens is 857 g/mol. The topological polar surface area (TPSA) is 348 Å². The van der Waals surface area contributed by atoms with Gasteiger partial charge >= 0.3 is 24.1 Å². The summed E-state index contributed by atoms with van der Waals surface area (Å²) in [6.45, 7) is 3.71. The van der Waals surface area contributed by atoms with Crippen molar-refractivity contribution in [2.45, 2.75) is 63.7 Å². The van der Waals surface area contributed by atoms with Crippen LogP contribution in [0.15, 0.2) is 110 Å². The first-order valence-corrected chi connectivity index (χ1v) is 20.4. The molecule has 0 aliphatic rings. The maximum absolute atomic E-state index is 11.1. The second kappa shape index (κ2) is 22.3. The van der Waals surface area contributed by atoms with Gasteiger partial charge in [-0.25, -0.2) is 9.59 Å². The fraction of sp³-hybridized carbons (Fsp3) is 0.217. The van der Waals surface area contributed by atoms with E-state index in [0.717, 1.165) is 64.0 Å². The highest BCUT2D eigenvalue weighted by molar-refractivity contribution is 5.93. The zero-order chi connectivity index (χ0) is 48.2. The first-order valence-electron chi connectivity index (χ1n) is 20.4. The summed E-state index contributed by atoms with van der Waals surface area (Å²) in [6, 6.07) is 22.4. The van der Waals surface area contributed by atoms with E-state index in [-0.39, 0.29) is 36.4 Å². The van der Waals surface area contributed by atoms with Gasteiger partial charge in [-0.15, -0.1) is 0 Å². The highest BCUT2D eigenvalue weighted by Gasteiger charge is 2.20. The lowest BCUT2D eigenvalue weighted by Crippen LogP contribution is -2.36. The molecule has 4 aromatic carbocycles. The van der Waals surface area contributed by atoms with Gasteiger partial charge in [-0.1, -0.05) is 36.4 Å². The summed E-state index contributed by atoms with van der Waals surface area (Å²) in [5, 5.41) is 75.5. The minimum Gasteiger partial charge on any atom is -0.508 e. The monoisotopic (exact) mass is 908 g/mol. The Hall–Kier alpha value is -7.72. The average Bonchev–Trinajstić information content (AvgIpc) is 4.05. The van der Waals surface area contributed by atoms with E-state index in [1.54, 1.807) is 60.0 Å². The molecule has 4 heterocycles. The Morgan fingerprint density at radius 2 is 0.909 bits per heavy atom. The van der Waals surface area contributed by atoms with Gasteiger partial charge < -0.3 is 62.5 Å². The number of phenols is 2. The molecule has 0 amide bonds. The van der Waals surface area contributed by atoms with Gasteiger partial charge in [0.05, 0.1) is 11.0 Å². The molecule has 16 N–H and O–H groups in total. The van der Waals surface area contributed by atoms with Gasteiger partial charge in [-0.3, -0.25) is 18.7 Å². The van der Waals surface area contributed by atoms with Crippen molar-refractivity contribution in [2.24, 2.45) is 11.5 Å². The predicted molar refractivity (Wildman–Crippen MR) is 245 cm³/mol. The lowest BCUT2D eigenvalue weighted by atomic mass is 10.1. The molecule has 8 rings (SSSR count). The van der Waals surface area contributed by atoms with Gasteiger partial charge in [0.2, 0.25) is 0 Å². The Bertz CT molecular complexity index is 2750. The zero-order valence-electron chi connectivity index (χ0n) is 35.8. The van der Waals surface area contributed by atoms with Crippen LogP contribution in [-0.4, -0.2) is 108 Å². The Morgan fingerprint density at radius 3 is 1.23 bits per heavy atom. The largest absolute Gasteiger partial charge is 0.508 e. The number of carboxylic acid groups (broad SMARTS) is 4. The van der Waals surface area contributed by atoms with Gasteiger partial charge in [0.1, 0.15) is 23.6 Å². The van der Waals surface area contributed by atoms with Crippen LogP contribution in [0.3, 0.4) is 0 Å². The Labute approximate surface area is 375 Å². The molecule has 0 bridgehead atoms. The summed E-state index contributed by atoms with van der Waals surface area (Å²) in [5.74, 6) is -1.92. The van der Waals surface area contributed by atoms with Crippen LogP contribution in [0.25, 0.3) is 43.6 Å². The van der Waals surface area contributed by atoms with E-state index in [1.165, 1.54) is 12.1 Å². The van der Waals surface area contributed by atoms with Crippen LogP contribution >= 0.6 is 0 Å². The third-order valence-electron chi connectivity index (χ3n) is 10.3. The molecule has 0 aliphatic carbocycles. The van der Waals surface area contributed by atoms with Crippen molar-refractivity contribution in [1.29, 1.82) is 0 Å². The molecule has 348 valence electrons. The third-order valence-corrected chi connectivity index (χ3v) is 10.3. The number of carbonyl (C=O) groups is 4. The van der Waals surface area contributed by atoms with Crippen LogP contribution in [0.1, 0.15) is 36.1 Å². The molecule has 0 saturated carbocycles. The van der Waals surface area contributed by atoms with Crippen molar-refractivity contribution < 1.29 is 60.2 Å². The van der Waals surface area contributed by atoms with Crippen LogP contribution in [0.2, 0.25) is 0 Å². The summed E-state index contributed by atoms with van der Waals surface area (Å²) in [7, 11) is 0. The molecular formula is C46H52N8O12. The number of nitrogens with zero attached hydrogens (tertiary/aromatic N) is 2. The van der Waals surface area contributed by atoms with E-state index >= 15 is 0 Å². The van der Waals surface area contributed by atoms with Crippen LogP contribution in [0.4, 0.5) is 9.59 Å². The minimum atomic E-state index is -1.08. The van der Waals surface area contributed by atoms with E-state index in [0.29, 0.717) is 23.9 Å². The molecule has 8 aromatic rings. The molecule has 0 radical (unpaired) electrons. The van der Waals surface area contributed by atoms with Gasteiger partial charge in [0.15, 0.2) is 0 Å². The number of aliphatic carboxylic acids is 2. The Balaban J connectivity index is 0.000000165. The molecule has 0 unspecified atom stereocenters. The normalized spacial score (nSPS) is 12.8. The number of aromatic hydroxyl groups is 2. The molecule has 4 atom stereocenters. The lowest BCUT2D eigenvalue weighted by Gasteiger charge is -2.08. The average molecular weight is 909 g/mol. The number of hydrogen-bond donors (Lipinski definition) is 14. The smallest absolute Gasteiger partial charge is 0.416 e. The SMILES string of the molecule is C[C@@H](N)Cc1cn(C(=O)O)c2ccc(O)cc12.C[C@@H](N)Cc1cn(C(=O)O)c2ccc(O)cc12.O=C(O)[C@H](Cc1c[nH]c2ccccc12)NO.O=C(O)[C@H](Cc1c[nH]c2ccccc12)NO. The molecule has 4 aromatic heterocycles. The lowest BCUT2D eigenvalue weighted by molar-refractivity contribution is -0.143. The number of aromatic amines is 2.